The fourth-order valence-electron chi connectivity index (χ4n) is 3.44. The molecule has 0 aliphatic heterocycles. The number of pyridine rings is 1. The topological polar surface area (TPSA) is 71.7 Å². The van der Waals surface area contributed by atoms with E-state index in [1.807, 2.05) is 54.6 Å². The zero-order valence-corrected chi connectivity index (χ0v) is 18.2. The molecule has 0 aliphatic carbocycles. The minimum absolute atomic E-state index is 0. The maximum atomic E-state index is 12.9. The number of benzene rings is 3. The van der Waals surface area contributed by atoms with E-state index >= 15 is 0 Å². The summed E-state index contributed by atoms with van der Waals surface area (Å²) in [4.78, 5) is 27.5. The summed E-state index contributed by atoms with van der Waals surface area (Å²) >= 11 is 0. The van der Waals surface area contributed by atoms with E-state index in [4.69, 9.17) is 5.11 Å². The standard InChI is InChI=1S/C18H9N2O.C5H8O2.Ir/c21-18-13-8-4-6-11-5-3-7-12(16(11)13)17-19-14-9-1-2-10-15(14)20(17)18;1-4(6)3-5(2)7;/h1-6,8-10H;3,6H,1-2H3;/q-1;;/b;4-3-;. The van der Waals surface area contributed by atoms with Crippen LogP contribution in [0.4, 0.5) is 0 Å². The Labute approximate surface area is 180 Å². The van der Waals surface area contributed by atoms with Crippen molar-refractivity contribution >= 4 is 44.0 Å². The number of rotatable bonds is 1. The first-order valence-electron chi connectivity index (χ1n) is 8.81. The third kappa shape index (κ3) is 3.65. The minimum Gasteiger partial charge on any atom is -0.512 e. The van der Waals surface area contributed by atoms with Crippen LogP contribution in [-0.2, 0) is 24.9 Å². The van der Waals surface area contributed by atoms with Crippen molar-refractivity contribution in [2.24, 2.45) is 0 Å². The monoisotopic (exact) mass is 562 g/mol. The molecule has 0 unspecified atom stereocenters. The second-order valence-corrected chi connectivity index (χ2v) is 6.58. The molecule has 0 fully saturated rings. The van der Waals surface area contributed by atoms with Crippen LogP contribution in [0, 0.1) is 6.07 Å². The van der Waals surface area contributed by atoms with Crippen molar-refractivity contribution in [2.45, 2.75) is 13.8 Å². The number of aromatic nitrogens is 2. The molecule has 147 valence electrons. The molecule has 0 spiro atoms. The molecule has 6 heteroatoms. The molecule has 1 radical (unpaired) electrons. The van der Waals surface area contributed by atoms with Gasteiger partial charge in [0.2, 0.25) is 5.56 Å². The van der Waals surface area contributed by atoms with Gasteiger partial charge in [-0.2, -0.15) is 0 Å². The molecule has 5 rings (SSSR count). The molecule has 5 aromatic rings. The Morgan fingerprint density at radius 2 is 1.86 bits per heavy atom. The van der Waals surface area contributed by atoms with E-state index in [0.29, 0.717) is 5.65 Å². The average molecular weight is 562 g/mol. The van der Waals surface area contributed by atoms with Crippen LogP contribution < -0.4 is 5.56 Å². The van der Waals surface area contributed by atoms with E-state index < -0.39 is 0 Å². The number of ketones is 1. The number of hydrogen-bond donors (Lipinski definition) is 1. The van der Waals surface area contributed by atoms with Crippen LogP contribution in [0.2, 0.25) is 0 Å². The van der Waals surface area contributed by atoms with Gasteiger partial charge in [0.1, 0.15) is 0 Å². The second-order valence-electron chi connectivity index (χ2n) is 6.58. The van der Waals surface area contributed by atoms with Crippen LogP contribution in [0.15, 0.2) is 71.2 Å². The summed E-state index contributed by atoms with van der Waals surface area (Å²) in [5, 5.41) is 12.0. The van der Waals surface area contributed by atoms with Gasteiger partial charge in [-0.15, -0.1) is 23.6 Å². The van der Waals surface area contributed by atoms with Gasteiger partial charge in [0, 0.05) is 31.6 Å². The molecule has 0 saturated carbocycles. The molecule has 0 atom stereocenters. The van der Waals surface area contributed by atoms with E-state index in [0.717, 1.165) is 32.6 Å². The third-order valence-electron chi connectivity index (χ3n) is 4.47. The predicted molar refractivity (Wildman–Crippen MR) is 111 cm³/mol. The first-order valence-corrected chi connectivity index (χ1v) is 8.81. The Hall–Kier alpha value is -3.08. The zero-order chi connectivity index (χ0) is 19.8. The molecule has 5 nitrogen and oxygen atoms in total. The fourth-order valence-corrected chi connectivity index (χ4v) is 3.44. The number of aliphatic hydroxyl groups is 1. The van der Waals surface area contributed by atoms with Crippen molar-refractivity contribution in [3.63, 3.8) is 0 Å². The minimum atomic E-state index is -0.125. The maximum absolute atomic E-state index is 12.9. The summed E-state index contributed by atoms with van der Waals surface area (Å²) in [6, 6.07) is 20.7. The molecule has 1 N–H and O–H groups in total. The summed E-state index contributed by atoms with van der Waals surface area (Å²) in [7, 11) is 0. The quantitative estimate of drug-likeness (QED) is 0.187. The second kappa shape index (κ2) is 8.11. The van der Waals surface area contributed by atoms with Gasteiger partial charge in [-0.05, 0) is 26.0 Å². The molecule has 2 heterocycles. The molecule has 0 bridgehead atoms. The maximum Gasteiger partial charge on any atom is 0.246 e. The fraction of sp³-hybridized carbons (Fsp3) is 0.0870. The van der Waals surface area contributed by atoms with Crippen molar-refractivity contribution < 1.29 is 30.0 Å². The number of carbonyl (C=O) groups excluding carboxylic acids is 1. The Morgan fingerprint density at radius 1 is 1.10 bits per heavy atom. The molecular formula is C23H17IrN2O3-. The van der Waals surface area contributed by atoms with Gasteiger partial charge in [0.15, 0.2) is 5.78 Å². The van der Waals surface area contributed by atoms with Crippen molar-refractivity contribution in [3.05, 3.63) is 82.9 Å². The van der Waals surface area contributed by atoms with E-state index in [1.54, 1.807) is 4.40 Å². The summed E-state index contributed by atoms with van der Waals surface area (Å²) in [6.45, 7) is 2.85. The van der Waals surface area contributed by atoms with Crippen molar-refractivity contribution in [2.75, 3.05) is 0 Å². The summed E-state index contributed by atoms with van der Waals surface area (Å²) < 4.78 is 1.70. The Morgan fingerprint density at radius 3 is 2.55 bits per heavy atom. The molecule has 0 saturated heterocycles. The van der Waals surface area contributed by atoms with Gasteiger partial charge < -0.3 is 5.11 Å². The number of hydrogen-bond acceptors (Lipinski definition) is 4. The summed E-state index contributed by atoms with van der Waals surface area (Å²) in [5.74, 6) is -0.0625. The number of imidazole rings is 1. The van der Waals surface area contributed by atoms with Crippen molar-refractivity contribution in [1.82, 2.24) is 9.38 Å². The van der Waals surface area contributed by atoms with E-state index in [9.17, 15) is 9.59 Å². The zero-order valence-electron chi connectivity index (χ0n) is 15.8. The van der Waals surface area contributed by atoms with E-state index in [2.05, 4.69) is 11.1 Å². The van der Waals surface area contributed by atoms with Gasteiger partial charge in [0.05, 0.1) is 22.4 Å². The van der Waals surface area contributed by atoms with Crippen LogP contribution in [0.3, 0.4) is 0 Å². The van der Waals surface area contributed by atoms with Gasteiger partial charge in [-0.3, -0.25) is 19.0 Å². The average Bonchev–Trinajstić information content (AvgIpc) is 3.05. The Bertz CT molecular complexity index is 1430. The first kappa shape index (κ1) is 20.6. The third-order valence-corrected chi connectivity index (χ3v) is 4.47. The van der Waals surface area contributed by atoms with Crippen LogP contribution in [0.5, 0.6) is 0 Å². The van der Waals surface area contributed by atoms with Gasteiger partial charge >= 0.3 is 0 Å². The molecule has 0 amide bonds. The number of nitrogens with zero attached hydrogens (tertiary/aromatic N) is 2. The predicted octanol–water partition coefficient (Wildman–Crippen LogP) is 4.43. The van der Waals surface area contributed by atoms with Gasteiger partial charge in [-0.1, -0.05) is 41.1 Å². The van der Waals surface area contributed by atoms with Crippen molar-refractivity contribution in [3.8, 4) is 0 Å². The summed E-state index contributed by atoms with van der Waals surface area (Å²) in [5.41, 5.74) is 2.35. The number of fused-ring (bicyclic) bond motifs is 4. The first-order chi connectivity index (χ1) is 13.5. The molecule has 0 aliphatic rings. The van der Waals surface area contributed by atoms with Crippen LogP contribution >= 0.6 is 0 Å². The van der Waals surface area contributed by atoms with E-state index in [-0.39, 0.29) is 37.2 Å². The SMILES string of the molecule is CC(=O)/C=C(/C)O.O=c1c2cccc3cc[c-]c(c32)c2nc3ccccc3n12.[Ir]. The van der Waals surface area contributed by atoms with Gasteiger partial charge in [-0.25, -0.2) is 0 Å². The van der Waals surface area contributed by atoms with Crippen LogP contribution in [-0.4, -0.2) is 20.3 Å². The summed E-state index contributed by atoms with van der Waals surface area (Å²) in [6.07, 6.45) is 1.17. The molecule has 3 aromatic carbocycles. The normalized spacial score (nSPS) is 11.4. The molecule has 2 aromatic heterocycles. The number of allylic oxidation sites excluding steroid dienone is 2. The number of aliphatic hydroxyl groups excluding tert-OH is 1. The smallest absolute Gasteiger partial charge is 0.246 e. The van der Waals surface area contributed by atoms with Crippen molar-refractivity contribution in [1.29, 1.82) is 0 Å². The Kier molecular flexibility index (Phi) is 5.78. The Balaban J connectivity index is 0.000000263. The molecular weight excluding hydrogens is 544 g/mol. The van der Waals surface area contributed by atoms with Crippen LogP contribution in [0.1, 0.15) is 13.8 Å². The molecule has 29 heavy (non-hydrogen) atoms. The largest absolute Gasteiger partial charge is 0.512 e. The number of carbonyl (C=O) groups is 1. The number of para-hydroxylation sites is 2. The van der Waals surface area contributed by atoms with Gasteiger partial charge in [0.25, 0.3) is 0 Å². The van der Waals surface area contributed by atoms with Crippen LogP contribution in [0.25, 0.3) is 38.2 Å². The van der Waals surface area contributed by atoms with E-state index in [1.165, 1.54) is 19.9 Å².